The molecule has 0 aromatic carbocycles. The van der Waals surface area contributed by atoms with Crippen molar-refractivity contribution in [1.82, 2.24) is 10.2 Å². The monoisotopic (exact) mass is 221 g/mol. The van der Waals surface area contributed by atoms with Crippen LogP contribution < -0.4 is 4.72 Å². The van der Waals surface area contributed by atoms with Gasteiger partial charge in [-0.05, 0) is 6.42 Å². The van der Waals surface area contributed by atoms with Crippen LogP contribution in [0.1, 0.15) is 18.4 Å². The number of nitrogens with one attached hydrogen (secondary N) is 1. The van der Waals surface area contributed by atoms with Gasteiger partial charge in [0.2, 0.25) is 15.2 Å². The quantitative estimate of drug-likeness (QED) is 0.818. The van der Waals surface area contributed by atoms with Crippen LogP contribution in [0.25, 0.3) is 0 Å². The lowest BCUT2D eigenvalue weighted by molar-refractivity contribution is 0.606. The molecule has 0 aliphatic carbocycles. The summed E-state index contributed by atoms with van der Waals surface area (Å²) in [5.41, 5.74) is 0. The van der Waals surface area contributed by atoms with Gasteiger partial charge in [-0.1, -0.05) is 18.3 Å². The van der Waals surface area contributed by atoms with Crippen LogP contribution in [-0.2, 0) is 16.4 Å². The Balaban J connectivity index is 2.69. The molecule has 1 N–H and O–H groups in total. The van der Waals surface area contributed by atoms with Crippen molar-refractivity contribution in [3.05, 3.63) is 5.01 Å². The van der Waals surface area contributed by atoms with Gasteiger partial charge >= 0.3 is 0 Å². The van der Waals surface area contributed by atoms with E-state index in [1.165, 1.54) is 11.3 Å². The summed E-state index contributed by atoms with van der Waals surface area (Å²) in [6, 6.07) is 0. The SMILES string of the molecule is CCCc1nnc(NS(C)(=O)=O)s1. The second kappa shape index (κ2) is 4.01. The van der Waals surface area contributed by atoms with Crippen molar-refractivity contribution in [1.29, 1.82) is 0 Å². The van der Waals surface area contributed by atoms with Crippen LogP contribution in [0, 0.1) is 0 Å². The van der Waals surface area contributed by atoms with E-state index in [-0.39, 0.29) is 0 Å². The van der Waals surface area contributed by atoms with Gasteiger partial charge < -0.3 is 0 Å². The minimum Gasteiger partial charge on any atom is -0.257 e. The number of anilines is 1. The molecule has 0 radical (unpaired) electrons. The molecule has 74 valence electrons. The van der Waals surface area contributed by atoms with Gasteiger partial charge in [0.1, 0.15) is 5.01 Å². The Morgan fingerprint density at radius 1 is 1.46 bits per heavy atom. The Kier molecular flexibility index (Phi) is 3.21. The van der Waals surface area contributed by atoms with E-state index in [9.17, 15) is 8.42 Å². The molecule has 0 unspecified atom stereocenters. The fourth-order valence-electron chi connectivity index (χ4n) is 0.768. The van der Waals surface area contributed by atoms with Gasteiger partial charge in [-0.25, -0.2) is 8.42 Å². The molecule has 1 aromatic rings. The van der Waals surface area contributed by atoms with Crippen molar-refractivity contribution in [2.75, 3.05) is 11.0 Å². The molecule has 0 aliphatic rings. The molecule has 0 spiro atoms. The van der Waals surface area contributed by atoms with Crippen molar-refractivity contribution in [2.45, 2.75) is 19.8 Å². The van der Waals surface area contributed by atoms with E-state index < -0.39 is 10.0 Å². The average molecular weight is 221 g/mol. The molecule has 0 saturated heterocycles. The molecule has 1 aromatic heterocycles. The Morgan fingerprint density at radius 2 is 2.15 bits per heavy atom. The number of aryl methyl sites for hydroxylation is 1. The van der Waals surface area contributed by atoms with Crippen LogP contribution in [0.3, 0.4) is 0 Å². The zero-order valence-electron chi connectivity index (χ0n) is 7.44. The second-order valence-corrected chi connectivity index (χ2v) is 5.44. The highest BCUT2D eigenvalue weighted by Gasteiger charge is 2.07. The summed E-state index contributed by atoms with van der Waals surface area (Å²) in [4.78, 5) is 0. The number of sulfonamides is 1. The van der Waals surface area contributed by atoms with E-state index in [1.54, 1.807) is 0 Å². The molecule has 1 rings (SSSR count). The molecule has 13 heavy (non-hydrogen) atoms. The Bertz CT molecular complexity index is 371. The van der Waals surface area contributed by atoms with Gasteiger partial charge in [0, 0.05) is 6.42 Å². The molecule has 0 aliphatic heterocycles. The smallest absolute Gasteiger partial charge is 0.231 e. The Labute approximate surface area is 81.2 Å². The van der Waals surface area contributed by atoms with E-state index in [4.69, 9.17) is 0 Å². The average Bonchev–Trinajstić information content (AvgIpc) is 2.33. The standard InChI is InChI=1S/C6H11N3O2S2/c1-3-4-5-7-8-6(12-5)9-13(2,10)11/h3-4H2,1-2H3,(H,8,9). The summed E-state index contributed by atoms with van der Waals surface area (Å²) in [7, 11) is -3.22. The molecule has 1 heterocycles. The fourth-order valence-corrected chi connectivity index (χ4v) is 2.44. The summed E-state index contributed by atoms with van der Waals surface area (Å²) in [5.74, 6) is 0. The van der Waals surface area contributed by atoms with Crippen LogP contribution in [0.15, 0.2) is 0 Å². The van der Waals surface area contributed by atoms with Crippen molar-refractivity contribution < 1.29 is 8.42 Å². The summed E-state index contributed by atoms with van der Waals surface area (Å²) in [6.45, 7) is 2.03. The first kappa shape index (κ1) is 10.4. The summed E-state index contributed by atoms with van der Waals surface area (Å²) in [5, 5.41) is 8.72. The Morgan fingerprint density at radius 3 is 2.69 bits per heavy atom. The minimum absolute atomic E-state index is 0.339. The zero-order chi connectivity index (χ0) is 9.90. The predicted octanol–water partition coefficient (Wildman–Crippen LogP) is 0.862. The molecule has 0 fully saturated rings. The molecule has 0 bridgehead atoms. The lowest BCUT2D eigenvalue weighted by atomic mass is 10.4. The number of hydrogen-bond acceptors (Lipinski definition) is 5. The van der Waals surface area contributed by atoms with Crippen LogP contribution in [0.5, 0.6) is 0 Å². The van der Waals surface area contributed by atoms with Crippen molar-refractivity contribution >= 4 is 26.5 Å². The summed E-state index contributed by atoms with van der Waals surface area (Å²) >= 11 is 1.27. The lowest BCUT2D eigenvalue weighted by Gasteiger charge is -1.94. The van der Waals surface area contributed by atoms with Gasteiger partial charge in [0.25, 0.3) is 0 Å². The first-order chi connectivity index (χ1) is 6.01. The highest BCUT2D eigenvalue weighted by molar-refractivity contribution is 7.92. The third-order valence-electron chi connectivity index (χ3n) is 1.20. The highest BCUT2D eigenvalue weighted by Crippen LogP contribution is 2.16. The minimum atomic E-state index is -3.22. The lowest BCUT2D eigenvalue weighted by Crippen LogP contribution is -2.08. The summed E-state index contributed by atoms with van der Waals surface area (Å²) < 4.78 is 23.9. The van der Waals surface area contributed by atoms with Crippen LogP contribution in [0.2, 0.25) is 0 Å². The zero-order valence-corrected chi connectivity index (χ0v) is 9.07. The number of nitrogens with zero attached hydrogens (tertiary/aromatic N) is 2. The van der Waals surface area contributed by atoms with Crippen LogP contribution in [-0.4, -0.2) is 24.9 Å². The molecule has 7 heteroatoms. The fraction of sp³-hybridized carbons (Fsp3) is 0.667. The van der Waals surface area contributed by atoms with E-state index in [0.29, 0.717) is 5.13 Å². The number of hydrogen-bond donors (Lipinski definition) is 1. The van der Waals surface area contributed by atoms with Gasteiger partial charge in [-0.3, -0.25) is 4.72 Å². The maximum atomic E-state index is 10.8. The molecule has 0 saturated carbocycles. The van der Waals surface area contributed by atoms with E-state index in [2.05, 4.69) is 14.9 Å². The predicted molar refractivity (Wildman–Crippen MR) is 52.4 cm³/mol. The van der Waals surface area contributed by atoms with Crippen molar-refractivity contribution in [3.8, 4) is 0 Å². The van der Waals surface area contributed by atoms with Gasteiger partial charge in [-0.15, -0.1) is 10.2 Å². The summed E-state index contributed by atoms with van der Waals surface area (Å²) in [6.07, 6.45) is 2.91. The first-order valence-corrected chi connectivity index (χ1v) is 6.52. The second-order valence-electron chi connectivity index (χ2n) is 2.63. The molecule has 0 atom stereocenters. The molecular weight excluding hydrogens is 210 g/mol. The first-order valence-electron chi connectivity index (χ1n) is 3.81. The maximum Gasteiger partial charge on any atom is 0.231 e. The Hall–Kier alpha value is -0.690. The van der Waals surface area contributed by atoms with E-state index in [0.717, 1.165) is 24.1 Å². The van der Waals surface area contributed by atoms with Crippen LogP contribution >= 0.6 is 11.3 Å². The van der Waals surface area contributed by atoms with Crippen molar-refractivity contribution in [2.24, 2.45) is 0 Å². The normalized spacial score (nSPS) is 11.5. The van der Waals surface area contributed by atoms with E-state index in [1.807, 2.05) is 6.92 Å². The molecule has 5 nitrogen and oxygen atoms in total. The van der Waals surface area contributed by atoms with Gasteiger partial charge in [0.15, 0.2) is 0 Å². The third kappa shape index (κ3) is 3.69. The van der Waals surface area contributed by atoms with Crippen LogP contribution in [0.4, 0.5) is 5.13 Å². The largest absolute Gasteiger partial charge is 0.257 e. The third-order valence-corrected chi connectivity index (χ3v) is 2.80. The number of rotatable bonds is 4. The molecular formula is C6H11N3O2S2. The maximum absolute atomic E-state index is 10.8. The van der Waals surface area contributed by atoms with Gasteiger partial charge in [0.05, 0.1) is 6.26 Å². The van der Waals surface area contributed by atoms with E-state index >= 15 is 0 Å². The molecule has 0 amide bonds. The van der Waals surface area contributed by atoms with Crippen molar-refractivity contribution in [3.63, 3.8) is 0 Å². The highest BCUT2D eigenvalue weighted by atomic mass is 32.2. The topological polar surface area (TPSA) is 72.0 Å². The number of aromatic nitrogens is 2. The van der Waals surface area contributed by atoms with Gasteiger partial charge in [-0.2, -0.15) is 0 Å².